The van der Waals surface area contributed by atoms with Gasteiger partial charge in [-0.3, -0.25) is 9.69 Å². The molecule has 7 nitrogen and oxygen atoms in total. The van der Waals surface area contributed by atoms with Gasteiger partial charge in [0.2, 0.25) is 0 Å². The number of likely N-dealkylation sites (N-methyl/N-ethyl adjacent to an activating group) is 1. The van der Waals surface area contributed by atoms with Crippen LogP contribution in [0, 0.1) is 13.8 Å². The van der Waals surface area contributed by atoms with Gasteiger partial charge in [-0.25, -0.2) is 9.79 Å². The third kappa shape index (κ3) is 4.49. The molecule has 1 amide bonds. The molecule has 0 atom stereocenters. The van der Waals surface area contributed by atoms with Gasteiger partial charge in [0.05, 0.1) is 30.4 Å². The third-order valence-electron chi connectivity index (χ3n) is 5.60. The van der Waals surface area contributed by atoms with Crippen LogP contribution in [-0.4, -0.2) is 47.8 Å². The Morgan fingerprint density at radius 3 is 2.32 bits per heavy atom. The number of benzene rings is 2. The summed E-state index contributed by atoms with van der Waals surface area (Å²) in [5.41, 5.74) is 5.20. The number of rotatable bonds is 5. The number of aromatic nitrogens is 1. The van der Waals surface area contributed by atoms with Gasteiger partial charge in [0.25, 0.3) is 5.91 Å². The van der Waals surface area contributed by atoms with Crippen molar-refractivity contribution in [3.05, 3.63) is 82.0 Å². The number of carbonyl (C=O) groups excluding carboxylic acids is 2. The van der Waals surface area contributed by atoms with E-state index in [0.29, 0.717) is 21.3 Å². The summed E-state index contributed by atoms with van der Waals surface area (Å²) in [7, 11) is 4.70. The summed E-state index contributed by atoms with van der Waals surface area (Å²) < 4.78 is 12.1. The molecule has 0 aliphatic carbocycles. The standard InChI is InChI=1S/C26H25N3O4S/c1-16-14-19(17(2)29(16)21-10-12-22(32-4)13-11-21)15-23-24(30)28(3)26(34-23)27-20-8-6-18(7-9-20)25(31)33-5/h6-15H,1-5H3/b23-15+,27-26?. The van der Waals surface area contributed by atoms with Crippen LogP contribution in [0.1, 0.15) is 27.3 Å². The molecule has 0 N–H and O–H groups in total. The zero-order chi connectivity index (χ0) is 24.4. The summed E-state index contributed by atoms with van der Waals surface area (Å²) in [4.78, 5) is 31.3. The minimum absolute atomic E-state index is 0.107. The molecule has 0 bridgehead atoms. The molecule has 3 aromatic rings. The number of hydrogen-bond acceptors (Lipinski definition) is 6. The average molecular weight is 476 g/mol. The van der Waals surface area contributed by atoms with E-state index in [9.17, 15) is 9.59 Å². The molecule has 1 aromatic heterocycles. The minimum atomic E-state index is -0.404. The Hall–Kier alpha value is -3.78. The van der Waals surface area contributed by atoms with Crippen LogP contribution in [-0.2, 0) is 9.53 Å². The van der Waals surface area contributed by atoms with Crippen LogP contribution in [0.25, 0.3) is 11.8 Å². The third-order valence-corrected chi connectivity index (χ3v) is 6.66. The highest BCUT2D eigenvalue weighted by atomic mass is 32.2. The number of ether oxygens (including phenoxy) is 2. The summed E-state index contributed by atoms with van der Waals surface area (Å²) in [5.74, 6) is 0.291. The highest BCUT2D eigenvalue weighted by Crippen LogP contribution is 2.34. The predicted octanol–water partition coefficient (Wildman–Crippen LogP) is 5.12. The number of hydrogen-bond donors (Lipinski definition) is 0. The molecule has 2 heterocycles. The van der Waals surface area contributed by atoms with E-state index in [0.717, 1.165) is 28.4 Å². The van der Waals surface area contributed by atoms with Crippen LogP contribution < -0.4 is 4.74 Å². The molecule has 1 aliphatic heterocycles. The van der Waals surface area contributed by atoms with E-state index in [-0.39, 0.29) is 5.91 Å². The van der Waals surface area contributed by atoms with Gasteiger partial charge in [-0.05, 0) is 91.8 Å². The lowest BCUT2D eigenvalue weighted by atomic mass is 10.2. The topological polar surface area (TPSA) is 73.1 Å². The highest BCUT2D eigenvalue weighted by Gasteiger charge is 2.30. The number of amides is 1. The van der Waals surface area contributed by atoms with Crippen LogP contribution in [0.15, 0.2) is 64.5 Å². The maximum atomic E-state index is 12.9. The molecule has 1 saturated heterocycles. The fraction of sp³-hybridized carbons (Fsp3) is 0.192. The van der Waals surface area contributed by atoms with Crippen molar-refractivity contribution in [1.82, 2.24) is 9.47 Å². The fourth-order valence-corrected chi connectivity index (χ4v) is 4.73. The van der Waals surface area contributed by atoms with Crippen molar-refractivity contribution in [3.8, 4) is 11.4 Å². The van der Waals surface area contributed by atoms with E-state index in [4.69, 9.17) is 9.47 Å². The molecule has 8 heteroatoms. The van der Waals surface area contributed by atoms with Gasteiger partial charge in [0, 0.05) is 24.1 Å². The van der Waals surface area contributed by atoms with Crippen LogP contribution in [0.4, 0.5) is 5.69 Å². The van der Waals surface area contributed by atoms with Crippen molar-refractivity contribution in [2.75, 3.05) is 21.3 Å². The smallest absolute Gasteiger partial charge is 0.337 e. The Labute approximate surface area is 202 Å². The summed E-state index contributed by atoms with van der Waals surface area (Å²) in [6.45, 7) is 4.08. The first-order chi connectivity index (χ1) is 16.3. The summed E-state index contributed by atoms with van der Waals surface area (Å²) >= 11 is 1.33. The summed E-state index contributed by atoms with van der Waals surface area (Å²) in [6, 6.07) is 16.7. The first-order valence-electron chi connectivity index (χ1n) is 10.6. The second kappa shape index (κ2) is 9.61. The lowest BCUT2D eigenvalue weighted by Crippen LogP contribution is -2.23. The Kier molecular flexibility index (Phi) is 6.61. The first kappa shape index (κ1) is 23.4. The van der Waals surface area contributed by atoms with E-state index < -0.39 is 5.97 Å². The molecule has 4 rings (SSSR count). The van der Waals surface area contributed by atoms with E-state index in [1.54, 1.807) is 38.4 Å². The lowest BCUT2D eigenvalue weighted by molar-refractivity contribution is -0.121. The van der Waals surface area contributed by atoms with Gasteiger partial charge >= 0.3 is 5.97 Å². The highest BCUT2D eigenvalue weighted by molar-refractivity contribution is 8.18. The Balaban J connectivity index is 1.61. The van der Waals surface area contributed by atoms with Crippen LogP contribution in [0.3, 0.4) is 0 Å². The number of aryl methyl sites for hydroxylation is 1. The van der Waals surface area contributed by atoms with Gasteiger partial charge in [-0.15, -0.1) is 0 Å². The molecule has 0 spiro atoms. The van der Waals surface area contributed by atoms with Gasteiger partial charge in [0.15, 0.2) is 5.17 Å². The number of nitrogens with zero attached hydrogens (tertiary/aromatic N) is 3. The predicted molar refractivity (Wildman–Crippen MR) is 135 cm³/mol. The molecule has 1 aliphatic rings. The number of thioether (sulfide) groups is 1. The Bertz CT molecular complexity index is 1310. The number of carbonyl (C=O) groups is 2. The molecule has 1 fully saturated rings. The first-order valence-corrected chi connectivity index (χ1v) is 11.4. The van der Waals surface area contributed by atoms with Crippen molar-refractivity contribution in [2.24, 2.45) is 4.99 Å². The van der Waals surface area contributed by atoms with Crippen molar-refractivity contribution in [2.45, 2.75) is 13.8 Å². The molecule has 174 valence electrons. The zero-order valence-electron chi connectivity index (χ0n) is 19.7. The number of esters is 1. The normalized spacial score (nSPS) is 15.9. The molecular weight excluding hydrogens is 450 g/mol. The maximum absolute atomic E-state index is 12.9. The lowest BCUT2D eigenvalue weighted by Gasteiger charge is -2.10. The van der Waals surface area contributed by atoms with Crippen LogP contribution in [0.5, 0.6) is 5.75 Å². The van der Waals surface area contributed by atoms with Gasteiger partial charge in [0.1, 0.15) is 5.75 Å². The Morgan fingerprint density at radius 1 is 1.03 bits per heavy atom. The maximum Gasteiger partial charge on any atom is 0.337 e. The van der Waals surface area contributed by atoms with E-state index >= 15 is 0 Å². The largest absolute Gasteiger partial charge is 0.497 e. The number of methoxy groups -OCH3 is 2. The second-order valence-corrected chi connectivity index (χ2v) is 8.78. The van der Waals surface area contributed by atoms with Crippen molar-refractivity contribution in [1.29, 1.82) is 0 Å². The zero-order valence-corrected chi connectivity index (χ0v) is 20.5. The Morgan fingerprint density at radius 2 is 1.71 bits per heavy atom. The molecule has 2 aromatic carbocycles. The summed E-state index contributed by atoms with van der Waals surface area (Å²) in [6.07, 6.45) is 1.91. The van der Waals surface area contributed by atoms with Gasteiger partial charge < -0.3 is 14.0 Å². The molecule has 0 saturated carbocycles. The van der Waals surface area contributed by atoms with E-state index in [1.165, 1.54) is 23.8 Å². The SMILES string of the molecule is COC(=O)c1ccc(N=C2S/C(=C/c3cc(C)n(-c4ccc(OC)cc4)c3C)C(=O)N2C)cc1. The summed E-state index contributed by atoms with van der Waals surface area (Å²) in [5, 5.41) is 0.575. The van der Waals surface area contributed by atoms with Gasteiger partial charge in [-0.2, -0.15) is 0 Å². The average Bonchev–Trinajstić information content (AvgIpc) is 3.28. The van der Waals surface area contributed by atoms with Crippen LogP contribution >= 0.6 is 11.8 Å². The van der Waals surface area contributed by atoms with E-state index in [2.05, 4.69) is 15.6 Å². The monoisotopic (exact) mass is 475 g/mol. The van der Waals surface area contributed by atoms with Gasteiger partial charge in [-0.1, -0.05) is 0 Å². The fourth-order valence-electron chi connectivity index (χ4n) is 3.76. The van der Waals surface area contributed by atoms with E-state index in [1.807, 2.05) is 44.2 Å². The van der Waals surface area contributed by atoms with Crippen LogP contribution in [0.2, 0.25) is 0 Å². The van der Waals surface area contributed by atoms with Crippen molar-refractivity contribution < 1.29 is 19.1 Å². The molecule has 0 unspecified atom stereocenters. The van der Waals surface area contributed by atoms with Crippen molar-refractivity contribution >= 4 is 40.6 Å². The molecule has 34 heavy (non-hydrogen) atoms. The number of amidine groups is 1. The second-order valence-electron chi connectivity index (χ2n) is 7.77. The molecule has 0 radical (unpaired) electrons. The quantitative estimate of drug-likeness (QED) is 0.378. The van der Waals surface area contributed by atoms with Crippen molar-refractivity contribution in [3.63, 3.8) is 0 Å². The minimum Gasteiger partial charge on any atom is -0.497 e. The molecular formula is C26H25N3O4S. The number of aliphatic imine (C=N–C) groups is 1.